The van der Waals surface area contributed by atoms with Crippen molar-refractivity contribution in [3.05, 3.63) is 30.3 Å². The fraction of sp³-hybridized carbons (Fsp3) is 0.0833. The van der Waals surface area contributed by atoms with Gasteiger partial charge in [-0.05, 0) is 29.7 Å². The van der Waals surface area contributed by atoms with E-state index in [1.807, 2.05) is 0 Å². The molecular formula is C12H11NO5S. The lowest BCUT2D eigenvalue weighted by molar-refractivity contribution is -0.114. The second-order valence-electron chi connectivity index (χ2n) is 4.00. The van der Waals surface area contributed by atoms with Crippen LogP contribution < -0.4 is 5.32 Å². The van der Waals surface area contributed by atoms with E-state index in [-0.39, 0.29) is 22.2 Å². The van der Waals surface area contributed by atoms with E-state index in [1.54, 1.807) is 0 Å². The van der Waals surface area contributed by atoms with Crippen molar-refractivity contribution in [2.45, 2.75) is 11.8 Å². The van der Waals surface area contributed by atoms with Crippen LogP contribution in [0.5, 0.6) is 5.75 Å². The Labute approximate surface area is 109 Å². The minimum Gasteiger partial charge on any atom is -0.505 e. The topological polar surface area (TPSA) is 104 Å². The molecule has 0 aromatic heterocycles. The van der Waals surface area contributed by atoms with Crippen LogP contribution in [0.4, 0.5) is 5.69 Å². The molecule has 0 radical (unpaired) electrons. The predicted molar refractivity (Wildman–Crippen MR) is 69.7 cm³/mol. The molecule has 0 spiro atoms. The maximum Gasteiger partial charge on any atom is 0.294 e. The first-order valence-corrected chi connectivity index (χ1v) is 6.74. The molecule has 0 unspecified atom stereocenters. The Morgan fingerprint density at radius 1 is 1.21 bits per heavy atom. The summed E-state index contributed by atoms with van der Waals surface area (Å²) < 4.78 is 31.0. The molecule has 0 aliphatic rings. The molecule has 0 saturated heterocycles. The van der Waals surface area contributed by atoms with E-state index < -0.39 is 10.1 Å². The number of aromatic hydroxyl groups is 1. The van der Waals surface area contributed by atoms with Gasteiger partial charge in [0.25, 0.3) is 10.1 Å². The van der Waals surface area contributed by atoms with Crippen molar-refractivity contribution in [2.75, 3.05) is 5.32 Å². The summed E-state index contributed by atoms with van der Waals surface area (Å²) in [5.41, 5.74) is 0.236. The van der Waals surface area contributed by atoms with Crippen molar-refractivity contribution in [1.29, 1.82) is 0 Å². The first-order chi connectivity index (χ1) is 8.79. The lowest BCUT2D eigenvalue weighted by atomic mass is 10.1. The maximum absolute atomic E-state index is 11.0. The zero-order valence-electron chi connectivity index (χ0n) is 9.91. The van der Waals surface area contributed by atoms with Gasteiger partial charge in [-0.25, -0.2) is 0 Å². The first kappa shape index (κ1) is 13.3. The summed E-state index contributed by atoms with van der Waals surface area (Å²) in [5, 5.41) is 13.2. The number of nitrogens with one attached hydrogen (secondary N) is 1. The summed E-state index contributed by atoms with van der Waals surface area (Å²) in [6, 6.07) is 6.76. The number of anilines is 1. The quantitative estimate of drug-likeness (QED) is 0.574. The Morgan fingerprint density at radius 2 is 1.89 bits per heavy atom. The summed E-state index contributed by atoms with van der Waals surface area (Å²) in [7, 11) is -4.29. The Morgan fingerprint density at radius 3 is 2.47 bits per heavy atom. The van der Waals surface area contributed by atoms with Crippen molar-refractivity contribution >= 4 is 32.5 Å². The minimum atomic E-state index is -4.29. The van der Waals surface area contributed by atoms with Gasteiger partial charge in [0, 0.05) is 12.3 Å². The predicted octanol–water partition coefficient (Wildman–Crippen LogP) is 1.75. The van der Waals surface area contributed by atoms with Gasteiger partial charge >= 0.3 is 0 Å². The molecule has 2 aromatic carbocycles. The molecule has 2 rings (SSSR count). The highest BCUT2D eigenvalue weighted by molar-refractivity contribution is 7.85. The van der Waals surface area contributed by atoms with Crippen molar-refractivity contribution in [3.63, 3.8) is 0 Å². The summed E-state index contributed by atoms with van der Waals surface area (Å²) in [6.07, 6.45) is 0. The largest absolute Gasteiger partial charge is 0.505 e. The lowest BCUT2D eigenvalue weighted by Crippen LogP contribution is -2.05. The minimum absolute atomic E-state index is 0.158. The molecule has 2 aromatic rings. The third-order valence-corrected chi connectivity index (χ3v) is 3.42. The molecule has 19 heavy (non-hydrogen) atoms. The Balaban J connectivity index is 2.63. The smallest absolute Gasteiger partial charge is 0.294 e. The highest BCUT2D eigenvalue weighted by Crippen LogP contribution is 2.33. The molecule has 6 nitrogen and oxygen atoms in total. The number of benzene rings is 2. The van der Waals surface area contributed by atoms with Crippen molar-refractivity contribution in [2.24, 2.45) is 0 Å². The number of carbonyl (C=O) groups excluding carboxylic acids is 1. The normalized spacial score (nSPS) is 11.5. The zero-order chi connectivity index (χ0) is 14.2. The SMILES string of the molecule is CC(=O)Nc1ccc2cc(S(=O)(=O)O)ccc2c1O. The monoisotopic (exact) mass is 281 g/mol. The van der Waals surface area contributed by atoms with Gasteiger partial charge in [0.05, 0.1) is 10.6 Å². The van der Waals surface area contributed by atoms with Crippen LogP contribution in [0.15, 0.2) is 35.2 Å². The molecule has 0 bridgehead atoms. The van der Waals surface area contributed by atoms with E-state index in [4.69, 9.17) is 4.55 Å². The van der Waals surface area contributed by atoms with Gasteiger partial charge in [0.1, 0.15) is 5.75 Å². The van der Waals surface area contributed by atoms with E-state index in [2.05, 4.69) is 5.32 Å². The van der Waals surface area contributed by atoms with Crippen LogP contribution in [-0.4, -0.2) is 24.0 Å². The highest BCUT2D eigenvalue weighted by Gasteiger charge is 2.13. The standard InChI is InChI=1S/C12H11NO5S/c1-7(14)13-11-5-2-8-6-9(19(16,17)18)3-4-10(8)12(11)15/h2-6,15H,1H3,(H,13,14)(H,16,17,18). The molecule has 0 heterocycles. The van der Waals surface area contributed by atoms with Gasteiger partial charge in [-0.1, -0.05) is 6.07 Å². The van der Waals surface area contributed by atoms with Crippen LogP contribution >= 0.6 is 0 Å². The summed E-state index contributed by atoms with van der Waals surface area (Å²) in [5.74, 6) is -0.487. The summed E-state index contributed by atoms with van der Waals surface area (Å²) in [6.45, 7) is 1.31. The number of fused-ring (bicyclic) bond motifs is 1. The Hall–Kier alpha value is -2.12. The number of amides is 1. The van der Waals surface area contributed by atoms with E-state index in [9.17, 15) is 18.3 Å². The van der Waals surface area contributed by atoms with E-state index in [0.717, 1.165) is 0 Å². The molecule has 0 fully saturated rings. The number of phenolic OH excluding ortho intramolecular Hbond substituents is 1. The average Bonchev–Trinajstić information content (AvgIpc) is 2.31. The van der Waals surface area contributed by atoms with Crippen molar-refractivity contribution in [3.8, 4) is 5.75 Å². The number of rotatable bonds is 2. The number of carbonyl (C=O) groups is 1. The van der Waals surface area contributed by atoms with Crippen molar-refractivity contribution in [1.82, 2.24) is 0 Å². The maximum atomic E-state index is 11.0. The second kappa shape index (κ2) is 4.52. The van der Waals surface area contributed by atoms with Gasteiger partial charge in [-0.2, -0.15) is 8.42 Å². The molecular weight excluding hydrogens is 270 g/mol. The molecule has 0 aliphatic heterocycles. The van der Waals surface area contributed by atoms with Gasteiger partial charge in [0.2, 0.25) is 5.91 Å². The van der Waals surface area contributed by atoms with Crippen LogP contribution in [0.2, 0.25) is 0 Å². The third-order valence-electron chi connectivity index (χ3n) is 2.57. The van der Waals surface area contributed by atoms with Gasteiger partial charge in [0.15, 0.2) is 0 Å². The zero-order valence-corrected chi connectivity index (χ0v) is 10.7. The number of hydrogen-bond donors (Lipinski definition) is 3. The highest BCUT2D eigenvalue weighted by atomic mass is 32.2. The average molecular weight is 281 g/mol. The second-order valence-corrected chi connectivity index (χ2v) is 5.42. The molecule has 0 atom stereocenters. The van der Waals surface area contributed by atoms with Gasteiger partial charge in [-0.3, -0.25) is 9.35 Å². The van der Waals surface area contributed by atoms with E-state index >= 15 is 0 Å². The fourth-order valence-electron chi connectivity index (χ4n) is 1.74. The van der Waals surface area contributed by atoms with E-state index in [1.165, 1.54) is 37.3 Å². The third kappa shape index (κ3) is 2.67. The molecule has 0 aliphatic carbocycles. The van der Waals surface area contributed by atoms with Crippen molar-refractivity contribution < 1.29 is 22.9 Å². The molecule has 7 heteroatoms. The Kier molecular flexibility index (Phi) is 3.17. The molecule has 0 saturated carbocycles. The van der Waals surface area contributed by atoms with Crippen LogP contribution in [0.25, 0.3) is 10.8 Å². The summed E-state index contributed by atoms with van der Waals surface area (Å²) >= 11 is 0. The number of hydrogen-bond acceptors (Lipinski definition) is 4. The Bertz CT molecular complexity index is 767. The van der Waals surface area contributed by atoms with Crippen LogP contribution in [0.1, 0.15) is 6.92 Å². The lowest BCUT2D eigenvalue weighted by Gasteiger charge is -2.09. The van der Waals surface area contributed by atoms with Gasteiger partial charge < -0.3 is 10.4 Å². The fourth-order valence-corrected chi connectivity index (χ4v) is 2.26. The number of phenols is 1. The molecule has 3 N–H and O–H groups in total. The van der Waals surface area contributed by atoms with Crippen LogP contribution in [-0.2, 0) is 14.9 Å². The molecule has 100 valence electrons. The van der Waals surface area contributed by atoms with Gasteiger partial charge in [-0.15, -0.1) is 0 Å². The van der Waals surface area contributed by atoms with Crippen LogP contribution in [0, 0.1) is 0 Å². The molecule has 1 amide bonds. The van der Waals surface area contributed by atoms with E-state index in [0.29, 0.717) is 10.8 Å². The first-order valence-electron chi connectivity index (χ1n) is 5.30. The summed E-state index contributed by atoms with van der Waals surface area (Å²) in [4.78, 5) is 10.7. The van der Waals surface area contributed by atoms with Crippen LogP contribution in [0.3, 0.4) is 0 Å².